The Bertz CT molecular complexity index is 652. The maximum atomic E-state index is 13.1. The zero-order chi connectivity index (χ0) is 18.4. The van der Waals surface area contributed by atoms with Crippen LogP contribution in [0.4, 0.5) is 13.2 Å². The Hall–Kier alpha value is -1.28. The molecule has 0 bridgehead atoms. The summed E-state index contributed by atoms with van der Waals surface area (Å²) in [5.41, 5.74) is -0.815. The highest BCUT2D eigenvalue weighted by molar-refractivity contribution is 6.32. The van der Waals surface area contributed by atoms with Crippen LogP contribution >= 0.6 is 11.6 Å². The minimum absolute atomic E-state index is 0.0639. The number of carbonyl (C=O) groups is 1. The molecule has 0 spiro atoms. The molecule has 5 nitrogen and oxygen atoms in total. The molecule has 140 valence electrons. The van der Waals surface area contributed by atoms with Crippen LogP contribution in [0.1, 0.15) is 62.9 Å². The second kappa shape index (κ2) is 6.79. The summed E-state index contributed by atoms with van der Waals surface area (Å²) in [4.78, 5) is 12.5. The van der Waals surface area contributed by atoms with Crippen LogP contribution in [-0.4, -0.2) is 34.4 Å². The lowest BCUT2D eigenvalue weighted by Gasteiger charge is -2.23. The smallest absolute Gasteiger partial charge is 0.376 e. The van der Waals surface area contributed by atoms with Gasteiger partial charge in [-0.2, -0.15) is 18.3 Å². The topological polar surface area (TPSA) is 56.2 Å². The minimum Gasteiger partial charge on any atom is -0.376 e. The average Bonchev–Trinajstić information content (AvgIpc) is 3.08. The van der Waals surface area contributed by atoms with E-state index < -0.39 is 23.8 Å². The summed E-state index contributed by atoms with van der Waals surface area (Å²) in [6.07, 6.45) is -1.41. The fraction of sp³-hybridized carbons (Fsp3) is 0.750. The predicted molar refractivity (Wildman–Crippen MR) is 85.5 cm³/mol. The number of amides is 1. The molecule has 0 unspecified atom stereocenters. The van der Waals surface area contributed by atoms with Crippen LogP contribution in [-0.2, 0) is 15.7 Å². The number of nitrogens with zero attached hydrogens (tertiary/aromatic N) is 2. The molecule has 3 rings (SSSR count). The van der Waals surface area contributed by atoms with E-state index in [9.17, 15) is 18.0 Å². The molecule has 1 amide bonds. The Balaban J connectivity index is 1.81. The summed E-state index contributed by atoms with van der Waals surface area (Å²) >= 11 is 5.95. The Morgan fingerprint density at radius 2 is 2.04 bits per heavy atom. The first kappa shape index (κ1) is 18.5. The highest BCUT2D eigenvalue weighted by atomic mass is 35.5. The van der Waals surface area contributed by atoms with E-state index in [-0.39, 0.29) is 23.1 Å². The number of hydrogen-bond acceptors (Lipinski definition) is 3. The SMILES string of the molecule is C[C@H](NC(=O)[C@@H](C)n1nc(C(F)(F)F)c(Cl)c1C1CC1)[C@@H]1CCCO1. The highest BCUT2D eigenvalue weighted by Crippen LogP contribution is 2.47. The first-order chi connectivity index (χ1) is 11.7. The molecule has 2 heterocycles. The van der Waals surface area contributed by atoms with Gasteiger partial charge in [0.15, 0.2) is 5.69 Å². The van der Waals surface area contributed by atoms with Crippen molar-refractivity contribution in [1.29, 1.82) is 0 Å². The Kier molecular flexibility index (Phi) is 5.03. The normalized spacial score (nSPS) is 23.5. The highest BCUT2D eigenvalue weighted by Gasteiger charge is 2.43. The van der Waals surface area contributed by atoms with Crippen LogP contribution in [0.5, 0.6) is 0 Å². The van der Waals surface area contributed by atoms with Crippen LogP contribution in [0, 0.1) is 0 Å². The molecule has 0 aromatic carbocycles. The number of ether oxygens (including phenoxy) is 1. The molecule has 9 heteroatoms. The maximum absolute atomic E-state index is 13.1. The fourth-order valence-corrected chi connectivity index (χ4v) is 3.56. The van der Waals surface area contributed by atoms with E-state index >= 15 is 0 Å². The Labute approximate surface area is 148 Å². The van der Waals surface area contributed by atoms with Crippen molar-refractivity contribution in [3.8, 4) is 0 Å². The van der Waals surface area contributed by atoms with Gasteiger partial charge in [0.25, 0.3) is 0 Å². The van der Waals surface area contributed by atoms with Crippen molar-refractivity contribution in [2.75, 3.05) is 6.61 Å². The van der Waals surface area contributed by atoms with Crippen LogP contribution in [0.15, 0.2) is 0 Å². The van der Waals surface area contributed by atoms with E-state index in [1.807, 2.05) is 6.92 Å². The number of carbonyl (C=O) groups excluding carboxylic acids is 1. The molecule has 1 N–H and O–H groups in total. The van der Waals surface area contributed by atoms with Gasteiger partial charge in [0.1, 0.15) is 6.04 Å². The van der Waals surface area contributed by atoms with Gasteiger partial charge in [-0.15, -0.1) is 0 Å². The van der Waals surface area contributed by atoms with Crippen LogP contribution in [0.3, 0.4) is 0 Å². The molecule has 3 atom stereocenters. The van der Waals surface area contributed by atoms with Crippen molar-refractivity contribution < 1.29 is 22.7 Å². The number of halogens is 4. The van der Waals surface area contributed by atoms with Gasteiger partial charge in [-0.1, -0.05) is 11.6 Å². The molecular formula is C16H21ClF3N3O2. The lowest BCUT2D eigenvalue weighted by Crippen LogP contribution is -2.44. The molecule has 2 aliphatic rings. The van der Waals surface area contributed by atoms with Crippen molar-refractivity contribution in [1.82, 2.24) is 15.1 Å². The molecule has 0 radical (unpaired) electrons. The standard InChI is InChI=1S/C16H21ClF3N3O2/c1-8(11-4-3-7-25-11)21-15(24)9(2)23-13(10-5-6-10)12(17)14(22-23)16(18,19)20/h8-11H,3-7H2,1-2H3,(H,21,24)/t8-,9+,11-/m0/s1. The lowest BCUT2D eigenvalue weighted by molar-refractivity contribution is -0.142. The fourth-order valence-electron chi connectivity index (χ4n) is 3.17. The van der Waals surface area contributed by atoms with E-state index in [0.29, 0.717) is 12.3 Å². The van der Waals surface area contributed by atoms with Gasteiger partial charge in [-0.05, 0) is 39.5 Å². The summed E-state index contributed by atoms with van der Waals surface area (Å²) in [6.45, 7) is 4.03. The van der Waals surface area contributed by atoms with Crippen molar-refractivity contribution in [2.45, 2.75) is 69.8 Å². The summed E-state index contributed by atoms with van der Waals surface area (Å²) in [5, 5.41) is 6.07. The number of hydrogen-bond donors (Lipinski definition) is 1. The van der Waals surface area contributed by atoms with E-state index in [1.165, 1.54) is 6.92 Å². The van der Waals surface area contributed by atoms with Crippen molar-refractivity contribution >= 4 is 17.5 Å². The van der Waals surface area contributed by atoms with Gasteiger partial charge < -0.3 is 10.1 Å². The molecule has 25 heavy (non-hydrogen) atoms. The Morgan fingerprint density at radius 1 is 1.36 bits per heavy atom. The monoisotopic (exact) mass is 379 g/mol. The molecule has 1 aliphatic carbocycles. The molecule has 1 aromatic heterocycles. The van der Waals surface area contributed by atoms with Crippen LogP contribution in [0.2, 0.25) is 5.02 Å². The van der Waals surface area contributed by atoms with Crippen LogP contribution in [0.25, 0.3) is 0 Å². The summed E-state index contributed by atoms with van der Waals surface area (Å²) in [7, 11) is 0. The molecule has 1 saturated carbocycles. The van der Waals surface area contributed by atoms with Gasteiger partial charge >= 0.3 is 6.18 Å². The lowest BCUT2D eigenvalue weighted by atomic mass is 10.1. The second-order valence-electron chi connectivity index (χ2n) is 6.79. The molecule has 1 saturated heterocycles. The van der Waals surface area contributed by atoms with E-state index in [2.05, 4.69) is 10.4 Å². The minimum atomic E-state index is -4.65. The average molecular weight is 380 g/mol. The van der Waals surface area contributed by atoms with Gasteiger partial charge in [-0.25, -0.2) is 0 Å². The predicted octanol–water partition coefficient (Wildman–Crippen LogP) is 3.68. The quantitative estimate of drug-likeness (QED) is 0.849. The number of alkyl halides is 3. The maximum Gasteiger partial charge on any atom is 0.436 e. The van der Waals surface area contributed by atoms with E-state index in [4.69, 9.17) is 16.3 Å². The molecule has 1 aliphatic heterocycles. The number of aromatic nitrogens is 2. The van der Waals surface area contributed by atoms with Crippen molar-refractivity contribution in [2.24, 2.45) is 0 Å². The first-order valence-electron chi connectivity index (χ1n) is 8.47. The summed E-state index contributed by atoms with van der Waals surface area (Å²) in [5.74, 6) is -0.459. The second-order valence-corrected chi connectivity index (χ2v) is 7.17. The zero-order valence-electron chi connectivity index (χ0n) is 14.1. The largest absolute Gasteiger partial charge is 0.436 e. The summed E-state index contributed by atoms with van der Waals surface area (Å²) in [6, 6.07) is -1.09. The number of nitrogens with one attached hydrogen (secondary N) is 1. The van der Waals surface area contributed by atoms with Crippen molar-refractivity contribution in [3.63, 3.8) is 0 Å². The molecule has 2 fully saturated rings. The van der Waals surface area contributed by atoms with Gasteiger partial charge in [-0.3, -0.25) is 9.48 Å². The van der Waals surface area contributed by atoms with Gasteiger partial charge in [0.05, 0.1) is 22.9 Å². The van der Waals surface area contributed by atoms with Gasteiger partial charge in [0.2, 0.25) is 5.91 Å². The Morgan fingerprint density at radius 3 is 2.56 bits per heavy atom. The molecule has 1 aromatic rings. The number of rotatable bonds is 5. The third-order valence-electron chi connectivity index (χ3n) is 4.76. The summed E-state index contributed by atoms with van der Waals surface area (Å²) < 4.78 is 46.1. The third-order valence-corrected chi connectivity index (χ3v) is 5.13. The van der Waals surface area contributed by atoms with E-state index in [0.717, 1.165) is 30.4 Å². The van der Waals surface area contributed by atoms with E-state index in [1.54, 1.807) is 0 Å². The van der Waals surface area contributed by atoms with Crippen molar-refractivity contribution in [3.05, 3.63) is 16.4 Å². The van der Waals surface area contributed by atoms with Crippen LogP contribution < -0.4 is 5.32 Å². The third kappa shape index (κ3) is 3.79. The van der Waals surface area contributed by atoms with Gasteiger partial charge in [0, 0.05) is 12.5 Å². The first-order valence-corrected chi connectivity index (χ1v) is 8.85. The zero-order valence-corrected chi connectivity index (χ0v) is 14.8. The molecular weight excluding hydrogens is 359 g/mol.